The van der Waals surface area contributed by atoms with Crippen molar-refractivity contribution < 1.29 is 5.11 Å². The van der Waals surface area contributed by atoms with E-state index in [1.165, 1.54) is 6.42 Å². The van der Waals surface area contributed by atoms with Gasteiger partial charge in [-0.15, -0.1) is 0 Å². The van der Waals surface area contributed by atoms with Gasteiger partial charge in [-0.05, 0) is 65.6 Å². The standard InChI is InChI=1S/C14H16O/c15-14-11-7-3-6-4-1-2-5(7)8(11)9(4)12-10(6)13(12)14/h1-2,4-15H,3H2. The Morgan fingerprint density at radius 1 is 0.733 bits per heavy atom. The topological polar surface area (TPSA) is 20.2 Å². The van der Waals surface area contributed by atoms with Gasteiger partial charge in [-0.3, -0.25) is 0 Å². The highest BCUT2D eigenvalue weighted by atomic mass is 16.3. The first-order valence-corrected chi connectivity index (χ1v) is 6.74. The molecule has 8 rings (SSSR count). The molecule has 0 aromatic heterocycles. The Morgan fingerprint density at radius 2 is 1.40 bits per heavy atom. The number of rotatable bonds is 0. The lowest BCUT2D eigenvalue weighted by atomic mass is 9.46. The van der Waals surface area contributed by atoms with Crippen LogP contribution in [-0.4, -0.2) is 11.2 Å². The van der Waals surface area contributed by atoms with Crippen molar-refractivity contribution >= 4 is 0 Å². The van der Waals surface area contributed by atoms with Crippen molar-refractivity contribution in [1.82, 2.24) is 0 Å². The third-order valence-electron chi connectivity index (χ3n) is 7.28. The average Bonchev–Trinajstić information content (AvgIpc) is 2.88. The lowest BCUT2D eigenvalue weighted by molar-refractivity contribution is -0.138. The zero-order valence-electron chi connectivity index (χ0n) is 8.66. The summed E-state index contributed by atoms with van der Waals surface area (Å²) in [7, 11) is 0. The average molecular weight is 200 g/mol. The molecule has 6 saturated carbocycles. The van der Waals surface area contributed by atoms with Crippen molar-refractivity contribution in [2.75, 3.05) is 0 Å². The zero-order chi connectivity index (χ0) is 9.47. The Morgan fingerprint density at radius 3 is 2.20 bits per heavy atom. The molecule has 0 spiro atoms. The molecule has 0 amide bonds. The molecular formula is C14H16O. The van der Waals surface area contributed by atoms with Gasteiger partial charge in [-0.1, -0.05) is 12.2 Å². The zero-order valence-corrected chi connectivity index (χ0v) is 8.66. The van der Waals surface area contributed by atoms with Crippen molar-refractivity contribution in [3.63, 3.8) is 0 Å². The Bertz CT molecular complexity index is 410. The first-order valence-electron chi connectivity index (χ1n) is 6.74. The molecule has 15 heavy (non-hydrogen) atoms. The van der Waals surface area contributed by atoms with Gasteiger partial charge in [0.15, 0.2) is 0 Å². The predicted molar refractivity (Wildman–Crippen MR) is 54.7 cm³/mol. The predicted octanol–water partition coefficient (Wildman–Crippen LogP) is 1.54. The van der Waals surface area contributed by atoms with Crippen LogP contribution >= 0.6 is 0 Å². The van der Waals surface area contributed by atoms with Crippen LogP contribution in [0.5, 0.6) is 0 Å². The molecule has 8 bridgehead atoms. The van der Waals surface area contributed by atoms with E-state index in [9.17, 15) is 5.11 Å². The highest BCUT2D eigenvalue weighted by molar-refractivity contribution is 5.34. The molecule has 8 aliphatic rings. The van der Waals surface area contributed by atoms with E-state index >= 15 is 0 Å². The molecule has 1 nitrogen and oxygen atoms in total. The molecule has 1 heteroatoms. The summed E-state index contributed by atoms with van der Waals surface area (Å²) >= 11 is 0. The van der Waals surface area contributed by atoms with Gasteiger partial charge in [0, 0.05) is 0 Å². The van der Waals surface area contributed by atoms with Crippen LogP contribution < -0.4 is 0 Å². The van der Waals surface area contributed by atoms with Crippen molar-refractivity contribution in [1.29, 1.82) is 0 Å². The fourth-order valence-corrected chi connectivity index (χ4v) is 7.17. The van der Waals surface area contributed by atoms with Gasteiger partial charge in [0.1, 0.15) is 0 Å². The van der Waals surface area contributed by atoms with Crippen LogP contribution in [0.15, 0.2) is 12.2 Å². The molecule has 0 heterocycles. The van der Waals surface area contributed by atoms with E-state index in [0.717, 1.165) is 59.2 Å². The Kier molecular flexibility index (Phi) is 0.822. The molecule has 0 aliphatic heterocycles. The monoisotopic (exact) mass is 200 g/mol. The normalized spacial score (nSPS) is 83.1. The Hall–Kier alpha value is -0.300. The van der Waals surface area contributed by atoms with E-state index in [-0.39, 0.29) is 6.10 Å². The minimum atomic E-state index is 0.111. The number of hydrogen-bond acceptors (Lipinski definition) is 1. The van der Waals surface area contributed by atoms with Gasteiger partial charge in [0.05, 0.1) is 6.10 Å². The molecule has 11 unspecified atom stereocenters. The second kappa shape index (κ2) is 1.73. The van der Waals surface area contributed by atoms with Gasteiger partial charge in [0.25, 0.3) is 0 Å². The molecule has 78 valence electrons. The van der Waals surface area contributed by atoms with Gasteiger partial charge in [-0.25, -0.2) is 0 Å². The van der Waals surface area contributed by atoms with Gasteiger partial charge >= 0.3 is 0 Å². The number of hydrogen-bond donors (Lipinski definition) is 1. The lowest BCUT2D eigenvalue weighted by Crippen LogP contribution is -2.58. The van der Waals surface area contributed by atoms with Gasteiger partial charge < -0.3 is 5.11 Å². The van der Waals surface area contributed by atoms with Crippen molar-refractivity contribution in [3.8, 4) is 0 Å². The van der Waals surface area contributed by atoms with Gasteiger partial charge in [0.2, 0.25) is 0 Å². The van der Waals surface area contributed by atoms with Crippen LogP contribution in [0.2, 0.25) is 0 Å². The molecule has 1 N–H and O–H groups in total. The molecule has 0 saturated heterocycles. The van der Waals surface area contributed by atoms with Crippen LogP contribution in [0.3, 0.4) is 0 Å². The summed E-state index contributed by atoms with van der Waals surface area (Å²) in [6.07, 6.45) is 6.69. The Balaban J connectivity index is 1.70. The number of aliphatic hydroxyl groups excluding tert-OH is 1. The summed E-state index contributed by atoms with van der Waals surface area (Å²) in [5.41, 5.74) is 0. The third kappa shape index (κ3) is 0.477. The molecule has 11 atom stereocenters. The minimum absolute atomic E-state index is 0.111. The van der Waals surface area contributed by atoms with E-state index in [1.54, 1.807) is 0 Å². The van der Waals surface area contributed by atoms with Crippen molar-refractivity contribution in [2.24, 2.45) is 59.2 Å². The van der Waals surface area contributed by atoms with Crippen molar-refractivity contribution in [2.45, 2.75) is 12.5 Å². The number of aliphatic hydroxyl groups is 1. The highest BCUT2D eigenvalue weighted by Crippen LogP contribution is 2.83. The maximum Gasteiger partial charge on any atom is 0.0608 e. The summed E-state index contributed by atoms with van der Waals surface area (Å²) in [6.45, 7) is 0. The maximum atomic E-state index is 10.4. The largest absolute Gasteiger partial charge is 0.393 e. The minimum Gasteiger partial charge on any atom is -0.393 e. The van der Waals surface area contributed by atoms with Crippen LogP contribution in [0.1, 0.15) is 6.42 Å². The highest BCUT2D eigenvalue weighted by Gasteiger charge is 2.81. The Labute approximate surface area is 89.6 Å². The maximum absolute atomic E-state index is 10.4. The van der Waals surface area contributed by atoms with Crippen LogP contribution in [-0.2, 0) is 0 Å². The van der Waals surface area contributed by atoms with E-state index < -0.39 is 0 Å². The van der Waals surface area contributed by atoms with Gasteiger partial charge in [-0.2, -0.15) is 0 Å². The fourth-order valence-electron chi connectivity index (χ4n) is 7.17. The molecule has 0 aromatic carbocycles. The van der Waals surface area contributed by atoms with E-state index in [4.69, 9.17) is 0 Å². The van der Waals surface area contributed by atoms with Crippen molar-refractivity contribution in [3.05, 3.63) is 12.2 Å². The number of allylic oxidation sites excluding steroid dienone is 2. The second-order valence-corrected chi connectivity index (χ2v) is 7.06. The van der Waals surface area contributed by atoms with E-state index in [0.29, 0.717) is 0 Å². The molecule has 6 fully saturated rings. The van der Waals surface area contributed by atoms with Crippen LogP contribution in [0, 0.1) is 59.2 Å². The lowest BCUT2D eigenvalue weighted by Gasteiger charge is -2.59. The second-order valence-electron chi connectivity index (χ2n) is 7.06. The van der Waals surface area contributed by atoms with Crippen LogP contribution in [0.4, 0.5) is 0 Å². The third-order valence-corrected chi connectivity index (χ3v) is 7.28. The summed E-state index contributed by atoms with van der Waals surface area (Å²) < 4.78 is 0. The summed E-state index contributed by atoms with van der Waals surface area (Å²) in [6, 6.07) is 0. The van der Waals surface area contributed by atoms with E-state index in [1.807, 2.05) is 0 Å². The van der Waals surface area contributed by atoms with Crippen LogP contribution in [0.25, 0.3) is 0 Å². The summed E-state index contributed by atoms with van der Waals surface area (Å²) in [5, 5.41) is 10.4. The first-order chi connectivity index (χ1) is 7.38. The SMILES string of the molecule is OC1C2C3CC4C5C=CC3C2C5C2C1C42. The molecule has 8 aliphatic carbocycles. The fraction of sp³-hybridized carbons (Fsp3) is 0.857. The molecular weight excluding hydrogens is 184 g/mol. The quantitative estimate of drug-likeness (QED) is 0.588. The molecule has 0 aromatic rings. The summed E-state index contributed by atoms with van der Waals surface area (Å²) in [5.74, 6) is 9.05. The first kappa shape index (κ1) is 7.11. The molecule has 0 radical (unpaired) electrons. The summed E-state index contributed by atoms with van der Waals surface area (Å²) in [4.78, 5) is 0. The van der Waals surface area contributed by atoms with E-state index in [2.05, 4.69) is 12.2 Å². The smallest absolute Gasteiger partial charge is 0.0608 e.